The second-order valence-electron chi connectivity index (χ2n) is 16.0. The summed E-state index contributed by atoms with van der Waals surface area (Å²) in [6.45, 7) is 13.0. The van der Waals surface area contributed by atoms with Gasteiger partial charge in [0.2, 0.25) is 5.91 Å². The zero-order chi connectivity index (χ0) is 37.9. The number of hydroxylamine groups is 2. The lowest BCUT2D eigenvalue weighted by Gasteiger charge is -2.53. The van der Waals surface area contributed by atoms with Crippen molar-refractivity contribution in [3.63, 3.8) is 0 Å². The van der Waals surface area contributed by atoms with Crippen LogP contribution >= 0.6 is 11.6 Å². The van der Waals surface area contributed by atoms with E-state index in [2.05, 4.69) is 50.5 Å². The van der Waals surface area contributed by atoms with Crippen LogP contribution in [-0.2, 0) is 22.6 Å². The summed E-state index contributed by atoms with van der Waals surface area (Å²) in [7, 11) is 3.87. The first kappa shape index (κ1) is 39.7. The Balaban J connectivity index is 1.37. The summed E-state index contributed by atoms with van der Waals surface area (Å²) in [5.74, 6) is 0.376. The standard InChI is InChI=1S/C42H57ClN4O5/c1-25(35-16-26(2)42(35,5)6)22-44-41(51)39-38(28(4)49)37(24-48)52-47(39)23-33-18-30(14-15-36(33)43)31-19-32(21-34(20-31)46(7)8)40(50)45-27(3)17-29-12-10-9-11-13-29/h9-15,18-21,25-28,35,37-39,48-49H,16-17,22-24H2,1-8H3,(H,44,51)(H,45,50)/t25-,26+,27-,28+,35+,37+,38-,39+/m1/s1. The third kappa shape index (κ3) is 8.83. The van der Waals surface area contributed by atoms with Crippen LogP contribution in [0.25, 0.3) is 11.1 Å². The highest BCUT2D eigenvalue weighted by Crippen LogP contribution is 2.54. The minimum absolute atomic E-state index is 0.0701. The smallest absolute Gasteiger partial charge is 0.251 e. The molecule has 0 unspecified atom stereocenters. The van der Waals surface area contributed by atoms with Crippen LogP contribution in [-0.4, -0.2) is 78.6 Å². The van der Waals surface area contributed by atoms with Gasteiger partial charge in [0.25, 0.3) is 5.91 Å². The number of nitrogens with zero attached hydrogens (tertiary/aromatic N) is 2. The zero-order valence-corrected chi connectivity index (χ0v) is 32.7. The van der Waals surface area contributed by atoms with Crippen molar-refractivity contribution in [3.05, 3.63) is 88.4 Å². The third-order valence-electron chi connectivity index (χ3n) is 11.7. The molecule has 1 heterocycles. The van der Waals surface area contributed by atoms with Gasteiger partial charge in [-0.15, -0.1) is 0 Å². The Morgan fingerprint density at radius 2 is 1.75 bits per heavy atom. The maximum Gasteiger partial charge on any atom is 0.251 e. The van der Waals surface area contributed by atoms with Crippen LogP contribution < -0.4 is 15.5 Å². The average Bonchev–Trinajstić information content (AvgIpc) is 3.49. The van der Waals surface area contributed by atoms with Crippen molar-refractivity contribution in [3.8, 4) is 11.1 Å². The zero-order valence-electron chi connectivity index (χ0n) is 31.9. The van der Waals surface area contributed by atoms with Gasteiger partial charge in [-0.25, -0.2) is 0 Å². The molecule has 5 rings (SSSR count). The van der Waals surface area contributed by atoms with Crippen molar-refractivity contribution >= 4 is 29.1 Å². The summed E-state index contributed by atoms with van der Waals surface area (Å²) in [6.07, 6.45) is 0.188. The number of nitrogens with one attached hydrogen (secondary N) is 2. The molecule has 0 spiro atoms. The number of rotatable bonds is 14. The predicted molar refractivity (Wildman–Crippen MR) is 208 cm³/mol. The number of halogens is 1. The van der Waals surface area contributed by atoms with Crippen molar-refractivity contribution < 1.29 is 24.6 Å². The minimum atomic E-state index is -0.905. The topological polar surface area (TPSA) is 114 Å². The van der Waals surface area contributed by atoms with Gasteiger partial charge in [0.15, 0.2) is 0 Å². The van der Waals surface area contributed by atoms with Crippen molar-refractivity contribution in [1.82, 2.24) is 15.7 Å². The Morgan fingerprint density at radius 1 is 1.04 bits per heavy atom. The number of hydrogen-bond donors (Lipinski definition) is 4. The molecule has 2 amide bonds. The molecular weight excluding hydrogens is 676 g/mol. The van der Waals surface area contributed by atoms with Crippen molar-refractivity contribution in [2.24, 2.45) is 29.1 Å². The molecule has 282 valence electrons. The van der Waals surface area contributed by atoms with Gasteiger partial charge in [-0.2, -0.15) is 5.06 Å². The quantitative estimate of drug-likeness (QED) is 0.153. The van der Waals surface area contributed by atoms with E-state index in [4.69, 9.17) is 16.4 Å². The van der Waals surface area contributed by atoms with Crippen LogP contribution in [0.15, 0.2) is 66.7 Å². The third-order valence-corrected chi connectivity index (χ3v) is 12.0. The monoisotopic (exact) mass is 732 g/mol. The van der Waals surface area contributed by atoms with Crippen LogP contribution in [0.4, 0.5) is 5.69 Å². The summed E-state index contributed by atoms with van der Waals surface area (Å²) in [4.78, 5) is 35.6. The fourth-order valence-corrected chi connectivity index (χ4v) is 8.26. The van der Waals surface area contributed by atoms with E-state index >= 15 is 0 Å². The highest BCUT2D eigenvalue weighted by atomic mass is 35.5. The summed E-state index contributed by atoms with van der Waals surface area (Å²) < 4.78 is 0. The van der Waals surface area contributed by atoms with Gasteiger partial charge in [0.1, 0.15) is 12.1 Å². The second-order valence-corrected chi connectivity index (χ2v) is 16.4. The van der Waals surface area contributed by atoms with E-state index in [1.165, 1.54) is 0 Å². The van der Waals surface area contributed by atoms with E-state index < -0.39 is 24.2 Å². The molecule has 0 radical (unpaired) electrons. The molecule has 52 heavy (non-hydrogen) atoms. The first-order valence-electron chi connectivity index (χ1n) is 18.6. The Bertz CT molecular complexity index is 1700. The Kier molecular flexibility index (Phi) is 12.7. The van der Waals surface area contributed by atoms with Crippen LogP contribution in [0.3, 0.4) is 0 Å². The maximum absolute atomic E-state index is 13.9. The lowest BCUT2D eigenvalue weighted by atomic mass is 9.52. The normalized spacial score (nSPS) is 24.4. The van der Waals surface area contributed by atoms with Gasteiger partial charge in [0, 0.05) is 48.9 Å². The molecule has 2 aliphatic rings. The molecule has 1 aliphatic heterocycles. The molecular formula is C42H57ClN4O5. The summed E-state index contributed by atoms with van der Waals surface area (Å²) in [5.41, 5.74) is 5.16. The van der Waals surface area contributed by atoms with Crippen molar-refractivity contribution in [2.75, 3.05) is 32.1 Å². The molecule has 0 bridgehead atoms. The minimum Gasteiger partial charge on any atom is -0.394 e. The average molecular weight is 733 g/mol. The fraction of sp³-hybridized carbons (Fsp3) is 0.524. The molecule has 8 atom stereocenters. The second kappa shape index (κ2) is 16.7. The number of benzene rings is 3. The number of aliphatic hydroxyl groups is 2. The van der Waals surface area contributed by atoms with Crippen LogP contribution in [0, 0.1) is 29.1 Å². The number of carbonyl (C=O) groups excluding carboxylic acids is 2. The van der Waals surface area contributed by atoms with E-state index in [1.807, 2.05) is 74.4 Å². The van der Waals surface area contributed by atoms with Gasteiger partial charge >= 0.3 is 0 Å². The predicted octanol–water partition coefficient (Wildman–Crippen LogP) is 6.34. The largest absolute Gasteiger partial charge is 0.394 e. The summed E-state index contributed by atoms with van der Waals surface area (Å²) in [6, 6.07) is 20.6. The lowest BCUT2D eigenvalue weighted by Crippen LogP contribution is -2.52. The Hall–Kier alpha value is -3.47. The molecule has 4 N–H and O–H groups in total. The highest BCUT2D eigenvalue weighted by Gasteiger charge is 2.50. The van der Waals surface area contributed by atoms with Crippen LogP contribution in [0.5, 0.6) is 0 Å². The summed E-state index contributed by atoms with van der Waals surface area (Å²) >= 11 is 6.79. The number of aliphatic hydroxyl groups excluding tert-OH is 2. The SMILES string of the molecule is C[C@H](Cc1ccccc1)NC(=O)c1cc(-c2ccc(Cl)c(CN3O[C@@H](CO)[C@@H]([C@H](C)O)[C@H]3C(=O)NC[C@@H](C)[C@@H]3C[C@H](C)C3(C)C)c2)cc(N(C)C)c1. The van der Waals surface area contributed by atoms with E-state index in [0.717, 1.165) is 35.2 Å². The van der Waals surface area contributed by atoms with Gasteiger partial charge < -0.3 is 25.7 Å². The molecule has 1 saturated heterocycles. The molecule has 1 aliphatic carbocycles. The lowest BCUT2D eigenvalue weighted by molar-refractivity contribution is -0.182. The molecule has 0 aromatic heterocycles. The van der Waals surface area contributed by atoms with Crippen molar-refractivity contribution in [2.45, 2.75) is 85.2 Å². The number of carbonyl (C=O) groups is 2. The molecule has 1 saturated carbocycles. The summed E-state index contributed by atoms with van der Waals surface area (Å²) in [5, 5.41) is 29.4. The Morgan fingerprint density at radius 3 is 2.37 bits per heavy atom. The first-order valence-corrected chi connectivity index (χ1v) is 18.9. The van der Waals surface area contributed by atoms with E-state index in [9.17, 15) is 19.8 Å². The number of hydrogen-bond acceptors (Lipinski definition) is 7. The van der Waals surface area contributed by atoms with E-state index in [1.54, 1.807) is 18.1 Å². The molecule has 3 aromatic rings. The number of amides is 2. The Labute approximate surface area is 314 Å². The van der Waals surface area contributed by atoms with Gasteiger partial charge in [-0.1, -0.05) is 75.7 Å². The van der Waals surface area contributed by atoms with Crippen LogP contribution in [0.1, 0.15) is 69.4 Å². The molecule has 3 aromatic carbocycles. The van der Waals surface area contributed by atoms with Crippen molar-refractivity contribution in [1.29, 1.82) is 0 Å². The van der Waals surface area contributed by atoms with Crippen LogP contribution in [0.2, 0.25) is 5.02 Å². The van der Waals surface area contributed by atoms with Gasteiger partial charge in [-0.05, 0) is 102 Å². The molecule has 10 heteroatoms. The van der Waals surface area contributed by atoms with Gasteiger partial charge in [-0.3, -0.25) is 14.4 Å². The molecule has 9 nitrogen and oxygen atoms in total. The fourth-order valence-electron chi connectivity index (χ4n) is 8.08. The maximum atomic E-state index is 13.9. The molecule has 2 fully saturated rings. The number of anilines is 1. The first-order chi connectivity index (χ1) is 24.6. The highest BCUT2D eigenvalue weighted by molar-refractivity contribution is 6.31. The van der Waals surface area contributed by atoms with Gasteiger partial charge in [0.05, 0.1) is 19.3 Å². The van der Waals surface area contributed by atoms with E-state index in [-0.39, 0.29) is 42.3 Å². The van der Waals surface area contributed by atoms with E-state index in [0.29, 0.717) is 34.5 Å².